The Balaban J connectivity index is 2.03. The SMILES string of the molecule is COc1ccc([C@H](C)NC(=O)C2=C(C)c3cc(OC)c(OC)cc3N(C)S2(=O)=O)cc1. The van der Waals surface area contributed by atoms with E-state index in [0.717, 1.165) is 9.87 Å². The van der Waals surface area contributed by atoms with Gasteiger partial charge in [-0.1, -0.05) is 12.1 Å². The monoisotopic (exact) mass is 446 g/mol. The van der Waals surface area contributed by atoms with Gasteiger partial charge in [0.25, 0.3) is 15.9 Å². The number of amides is 1. The molecule has 0 aromatic heterocycles. The second kappa shape index (κ2) is 8.50. The van der Waals surface area contributed by atoms with Crippen LogP contribution in [0.1, 0.15) is 31.0 Å². The number of ether oxygens (including phenoxy) is 3. The van der Waals surface area contributed by atoms with Crippen molar-refractivity contribution in [1.29, 1.82) is 0 Å². The van der Waals surface area contributed by atoms with Crippen LogP contribution in [0, 0.1) is 0 Å². The summed E-state index contributed by atoms with van der Waals surface area (Å²) in [4.78, 5) is 12.8. The molecule has 166 valence electrons. The van der Waals surface area contributed by atoms with Crippen LogP contribution >= 0.6 is 0 Å². The first-order valence-electron chi connectivity index (χ1n) is 9.56. The van der Waals surface area contributed by atoms with E-state index >= 15 is 0 Å². The van der Waals surface area contributed by atoms with Gasteiger partial charge in [-0.2, -0.15) is 0 Å². The van der Waals surface area contributed by atoms with Crippen molar-refractivity contribution in [2.75, 3.05) is 32.7 Å². The lowest BCUT2D eigenvalue weighted by molar-refractivity contribution is -0.117. The molecule has 8 nitrogen and oxygen atoms in total. The van der Waals surface area contributed by atoms with E-state index in [0.29, 0.717) is 34.1 Å². The molecule has 2 aromatic rings. The average Bonchev–Trinajstić information content (AvgIpc) is 2.76. The highest BCUT2D eigenvalue weighted by Crippen LogP contribution is 2.44. The van der Waals surface area contributed by atoms with Crippen molar-refractivity contribution >= 4 is 27.2 Å². The summed E-state index contributed by atoms with van der Waals surface area (Å²) in [6, 6.07) is 10.1. The first-order chi connectivity index (χ1) is 14.6. The number of rotatable bonds is 6. The Kier molecular flexibility index (Phi) is 6.17. The Bertz CT molecular complexity index is 1140. The van der Waals surface area contributed by atoms with E-state index in [2.05, 4.69) is 5.32 Å². The maximum Gasteiger partial charge on any atom is 0.269 e. The second-order valence-corrected chi connectivity index (χ2v) is 9.03. The molecule has 1 atom stereocenters. The van der Waals surface area contributed by atoms with Crippen molar-refractivity contribution in [3.05, 3.63) is 52.4 Å². The predicted molar refractivity (Wildman–Crippen MR) is 119 cm³/mol. The first-order valence-corrected chi connectivity index (χ1v) is 11.0. The van der Waals surface area contributed by atoms with Crippen molar-refractivity contribution in [1.82, 2.24) is 5.32 Å². The number of nitrogens with one attached hydrogen (secondary N) is 1. The summed E-state index contributed by atoms with van der Waals surface area (Å²) in [6.45, 7) is 3.40. The molecule has 2 aromatic carbocycles. The number of sulfonamides is 1. The lowest BCUT2D eigenvalue weighted by Gasteiger charge is -2.31. The molecule has 0 fully saturated rings. The number of nitrogens with zero attached hydrogens (tertiary/aromatic N) is 1. The van der Waals surface area contributed by atoms with E-state index in [9.17, 15) is 13.2 Å². The van der Waals surface area contributed by atoms with Crippen LogP contribution in [0.15, 0.2) is 41.3 Å². The first kappa shape index (κ1) is 22.5. The number of anilines is 1. The fourth-order valence-corrected chi connectivity index (χ4v) is 5.01. The Labute approximate surface area is 182 Å². The normalized spacial score (nSPS) is 15.7. The second-order valence-electron chi connectivity index (χ2n) is 7.12. The number of hydrogen-bond acceptors (Lipinski definition) is 6. The molecule has 31 heavy (non-hydrogen) atoms. The van der Waals surface area contributed by atoms with E-state index in [1.165, 1.54) is 21.3 Å². The molecule has 0 saturated carbocycles. The van der Waals surface area contributed by atoms with Crippen LogP contribution in [0.4, 0.5) is 5.69 Å². The highest BCUT2D eigenvalue weighted by atomic mass is 32.2. The standard InChI is InChI=1S/C22H26N2O6S/c1-13-17-11-19(29-5)20(30-6)12-18(17)24(3)31(26,27)21(13)22(25)23-14(2)15-7-9-16(28-4)10-8-15/h7-12,14H,1-6H3,(H,23,25)/t14-/m0/s1. The third-order valence-electron chi connectivity index (χ3n) is 5.37. The largest absolute Gasteiger partial charge is 0.497 e. The van der Waals surface area contributed by atoms with Gasteiger partial charge in [0, 0.05) is 18.7 Å². The minimum atomic E-state index is -4.06. The fraction of sp³-hybridized carbons (Fsp3) is 0.318. The van der Waals surface area contributed by atoms with E-state index in [1.54, 1.807) is 45.2 Å². The predicted octanol–water partition coefficient (Wildman–Crippen LogP) is 3.10. The number of methoxy groups -OCH3 is 3. The van der Waals surface area contributed by atoms with Crippen LogP contribution in [-0.4, -0.2) is 42.7 Å². The minimum absolute atomic E-state index is 0.296. The zero-order chi connectivity index (χ0) is 22.9. The van der Waals surface area contributed by atoms with Crippen molar-refractivity contribution in [3.8, 4) is 17.2 Å². The summed E-state index contributed by atoms with van der Waals surface area (Å²) in [5, 5.41) is 2.79. The van der Waals surface area contributed by atoms with Gasteiger partial charge in [0.2, 0.25) is 0 Å². The zero-order valence-electron chi connectivity index (χ0n) is 18.3. The number of carbonyl (C=O) groups excluding carboxylic acids is 1. The molecule has 9 heteroatoms. The van der Waals surface area contributed by atoms with Gasteiger partial charge < -0.3 is 19.5 Å². The van der Waals surface area contributed by atoms with Crippen LogP contribution in [0.3, 0.4) is 0 Å². The zero-order valence-corrected chi connectivity index (χ0v) is 19.2. The van der Waals surface area contributed by atoms with Crippen molar-refractivity contribution in [2.24, 2.45) is 0 Å². The van der Waals surface area contributed by atoms with E-state index in [4.69, 9.17) is 14.2 Å². The van der Waals surface area contributed by atoms with Gasteiger partial charge in [0.05, 0.1) is 33.1 Å². The number of allylic oxidation sites excluding steroid dienone is 1. The summed E-state index contributed by atoms with van der Waals surface area (Å²) < 4.78 is 43.3. The van der Waals surface area contributed by atoms with Crippen LogP contribution < -0.4 is 23.8 Å². The Hall–Kier alpha value is -3.20. The topological polar surface area (TPSA) is 94.2 Å². The summed E-state index contributed by atoms with van der Waals surface area (Å²) in [6.07, 6.45) is 0. The van der Waals surface area contributed by atoms with E-state index < -0.39 is 22.0 Å². The van der Waals surface area contributed by atoms with E-state index in [-0.39, 0.29) is 4.91 Å². The van der Waals surface area contributed by atoms with Crippen molar-refractivity contribution in [3.63, 3.8) is 0 Å². The maximum atomic E-state index is 13.2. The third-order valence-corrected chi connectivity index (χ3v) is 7.30. The molecule has 1 aliphatic heterocycles. The number of carbonyl (C=O) groups is 1. The Morgan fingerprint density at radius 2 is 1.58 bits per heavy atom. The average molecular weight is 447 g/mol. The molecular formula is C22H26N2O6S. The van der Waals surface area contributed by atoms with Crippen LogP contribution in [0.5, 0.6) is 17.2 Å². The Morgan fingerprint density at radius 3 is 2.13 bits per heavy atom. The van der Waals surface area contributed by atoms with Gasteiger partial charge >= 0.3 is 0 Å². The maximum absolute atomic E-state index is 13.2. The fourth-order valence-electron chi connectivity index (χ4n) is 3.54. The van der Waals surface area contributed by atoms with Crippen LogP contribution in [-0.2, 0) is 14.8 Å². The minimum Gasteiger partial charge on any atom is -0.497 e. The molecule has 3 rings (SSSR count). The van der Waals surface area contributed by atoms with Gasteiger partial charge in [-0.3, -0.25) is 9.10 Å². The lowest BCUT2D eigenvalue weighted by Crippen LogP contribution is -2.39. The molecule has 0 aliphatic carbocycles. The summed E-state index contributed by atoms with van der Waals surface area (Å²) >= 11 is 0. The molecule has 0 saturated heterocycles. The molecule has 1 heterocycles. The van der Waals surface area contributed by atoms with Crippen LogP contribution in [0.25, 0.3) is 5.57 Å². The quantitative estimate of drug-likeness (QED) is 0.733. The smallest absolute Gasteiger partial charge is 0.269 e. The molecule has 0 radical (unpaired) electrons. The van der Waals surface area contributed by atoms with Gasteiger partial charge in [-0.15, -0.1) is 0 Å². The lowest BCUT2D eigenvalue weighted by atomic mass is 10.0. The molecule has 0 spiro atoms. The number of fused-ring (bicyclic) bond motifs is 1. The molecular weight excluding hydrogens is 420 g/mol. The van der Waals surface area contributed by atoms with Gasteiger partial charge in [0.15, 0.2) is 16.4 Å². The number of hydrogen-bond donors (Lipinski definition) is 1. The van der Waals surface area contributed by atoms with Gasteiger partial charge in [0.1, 0.15) is 5.75 Å². The summed E-state index contributed by atoms with van der Waals surface area (Å²) in [5.74, 6) is 0.864. The molecule has 0 bridgehead atoms. The number of benzene rings is 2. The van der Waals surface area contributed by atoms with Crippen LogP contribution in [0.2, 0.25) is 0 Å². The van der Waals surface area contributed by atoms with Crippen molar-refractivity contribution < 1.29 is 27.4 Å². The molecule has 1 aliphatic rings. The summed E-state index contributed by atoms with van der Waals surface area (Å²) in [7, 11) is 1.89. The van der Waals surface area contributed by atoms with Gasteiger partial charge in [-0.05, 0) is 43.2 Å². The summed E-state index contributed by atoms with van der Waals surface area (Å²) in [5.41, 5.74) is 2.15. The Morgan fingerprint density at radius 1 is 1.00 bits per heavy atom. The molecule has 0 unspecified atom stereocenters. The highest BCUT2D eigenvalue weighted by molar-refractivity contribution is 7.97. The molecule has 1 N–H and O–H groups in total. The van der Waals surface area contributed by atoms with Crippen molar-refractivity contribution in [2.45, 2.75) is 19.9 Å². The van der Waals surface area contributed by atoms with E-state index in [1.807, 2.05) is 12.1 Å². The third kappa shape index (κ3) is 3.93. The van der Waals surface area contributed by atoms with Gasteiger partial charge in [-0.25, -0.2) is 8.42 Å². The highest BCUT2D eigenvalue weighted by Gasteiger charge is 2.38. The molecule has 1 amide bonds.